The van der Waals surface area contributed by atoms with Crippen LogP contribution in [0.15, 0.2) is 12.2 Å². The molecule has 5 unspecified atom stereocenters. The van der Waals surface area contributed by atoms with Gasteiger partial charge in [0.15, 0.2) is 6.61 Å². The molecule has 0 radical (unpaired) electrons. The molecule has 7 nitrogen and oxygen atoms in total. The molecule has 0 spiro atoms. The van der Waals surface area contributed by atoms with Gasteiger partial charge in [0.25, 0.3) is 0 Å². The summed E-state index contributed by atoms with van der Waals surface area (Å²) in [5.74, 6) is -0.204. The van der Waals surface area contributed by atoms with E-state index in [4.69, 9.17) is 14.6 Å². The van der Waals surface area contributed by atoms with Crippen LogP contribution in [0.2, 0.25) is 0 Å². The summed E-state index contributed by atoms with van der Waals surface area (Å²) in [6.07, 6.45) is 9.35. The molecular weight excluding hydrogens is 520 g/mol. The number of carboxylic acid groups (broad SMARTS) is 1. The minimum atomic E-state index is -0.830. The van der Waals surface area contributed by atoms with Gasteiger partial charge in [0.2, 0.25) is 0 Å². The van der Waals surface area contributed by atoms with Crippen molar-refractivity contribution < 1.29 is 34.1 Å². The molecule has 0 aromatic carbocycles. The van der Waals surface area contributed by atoms with Crippen LogP contribution < -0.4 is 0 Å². The van der Waals surface area contributed by atoms with E-state index in [1.807, 2.05) is 0 Å². The summed E-state index contributed by atoms with van der Waals surface area (Å²) < 4.78 is 10.7. The topological polar surface area (TPSA) is 110 Å². The Morgan fingerprint density at radius 3 is 2.17 bits per heavy atom. The molecule has 7 heteroatoms. The highest BCUT2D eigenvalue weighted by Gasteiger charge is 2.72. The molecule has 41 heavy (non-hydrogen) atoms. The number of rotatable bonds is 6. The first-order chi connectivity index (χ1) is 19.1. The maximum Gasteiger partial charge on any atom is 0.344 e. The largest absolute Gasteiger partial charge is 0.481 e. The first kappa shape index (κ1) is 30.6. The van der Waals surface area contributed by atoms with E-state index in [0.717, 1.165) is 69.8 Å². The Kier molecular flexibility index (Phi) is 7.52. The highest BCUT2D eigenvalue weighted by atomic mass is 16.6. The third kappa shape index (κ3) is 4.25. The number of allylic oxidation sites excluding steroid dienone is 1. The van der Waals surface area contributed by atoms with Crippen molar-refractivity contribution in [2.24, 2.45) is 56.7 Å². The third-order valence-electron chi connectivity index (χ3n) is 14.2. The normalized spacial score (nSPS) is 46.2. The fourth-order valence-corrected chi connectivity index (χ4v) is 12.1. The van der Waals surface area contributed by atoms with Crippen LogP contribution in [-0.4, -0.2) is 47.4 Å². The smallest absolute Gasteiger partial charge is 0.344 e. The van der Waals surface area contributed by atoms with Gasteiger partial charge in [0, 0.05) is 5.41 Å². The van der Waals surface area contributed by atoms with Crippen LogP contribution in [0, 0.1) is 56.7 Å². The molecule has 0 saturated heterocycles. The summed E-state index contributed by atoms with van der Waals surface area (Å²) in [5.41, 5.74) is 0.618. The Labute approximate surface area is 245 Å². The zero-order valence-electron chi connectivity index (χ0n) is 26.1. The van der Waals surface area contributed by atoms with Crippen LogP contribution in [0.5, 0.6) is 0 Å². The van der Waals surface area contributed by atoms with E-state index < -0.39 is 36.5 Å². The number of aliphatic hydroxyl groups is 1. The molecule has 5 fully saturated rings. The molecule has 0 aromatic rings. The van der Waals surface area contributed by atoms with E-state index in [1.54, 1.807) is 0 Å². The molecule has 10 atom stereocenters. The Balaban J connectivity index is 1.41. The molecule has 2 N–H and O–H groups in total. The molecule has 0 bridgehead atoms. The monoisotopic (exact) mass is 572 g/mol. The highest BCUT2D eigenvalue weighted by molar-refractivity contribution is 5.77. The number of ether oxygens (including phenoxy) is 2. The van der Waals surface area contributed by atoms with Crippen LogP contribution in [-0.2, 0) is 23.9 Å². The molecule has 5 saturated carbocycles. The number of hydrogen-bond acceptors (Lipinski definition) is 6. The predicted molar refractivity (Wildman–Crippen MR) is 155 cm³/mol. The second kappa shape index (κ2) is 10.1. The number of carbonyl (C=O) groups is 3. The van der Waals surface area contributed by atoms with Crippen molar-refractivity contribution in [1.29, 1.82) is 0 Å². The van der Waals surface area contributed by atoms with E-state index in [-0.39, 0.29) is 33.7 Å². The zero-order chi connectivity index (χ0) is 30.2. The summed E-state index contributed by atoms with van der Waals surface area (Å²) >= 11 is 0. The lowest BCUT2D eigenvalue weighted by molar-refractivity contribution is -0.250. The zero-order valence-corrected chi connectivity index (χ0v) is 26.1. The lowest BCUT2D eigenvalue weighted by Crippen LogP contribution is -2.67. The van der Waals surface area contributed by atoms with Crippen LogP contribution >= 0.6 is 0 Å². The van der Waals surface area contributed by atoms with Gasteiger partial charge in [-0.1, -0.05) is 46.8 Å². The SMILES string of the molecule is C=C(C)C1CC[C@]2(C(=O)O)CC[C@]3(C)C(CCC4[C@@]5(C)CC[C@H](OC(=O)COC(=O)CO)C(C)(C)C5CC[C@]43C)C12. The number of carbonyl (C=O) groups excluding carboxylic acids is 2. The average molecular weight is 573 g/mol. The van der Waals surface area contributed by atoms with Gasteiger partial charge in [-0.25, -0.2) is 9.59 Å². The molecule has 5 aliphatic carbocycles. The standard InChI is InChI=1S/C34H52O7/c1-20(2)21-10-15-34(29(38)39)17-16-32(6)22(28(21)34)8-9-24-31(5)13-12-25(41-27(37)19-40-26(36)18-35)30(3,4)23(31)11-14-33(24,32)7/h21-25,28,35H,1,8-19H2,2-7H3,(H,38,39)/t21?,22?,23?,24?,25-,28?,31-,32+,33+,34-/m0/s1. The van der Waals surface area contributed by atoms with E-state index >= 15 is 0 Å². The molecule has 0 heterocycles. The van der Waals surface area contributed by atoms with E-state index in [1.165, 1.54) is 0 Å². The Morgan fingerprint density at radius 2 is 1.54 bits per heavy atom. The van der Waals surface area contributed by atoms with Gasteiger partial charge >= 0.3 is 17.9 Å². The maximum atomic E-state index is 12.9. The van der Waals surface area contributed by atoms with Crippen molar-refractivity contribution in [2.45, 2.75) is 112 Å². The summed E-state index contributed by atoms with van der Waals surface area (Å²) in [5, 5.41) is 19.5. The van der Waals surface area contributed by atoms with Gasteiger partial charge < -0.3 is 19.7 Å². The van der Waals surface area contributed by atoms with Crippen LogP contribution in [0.4, 0.5) is 0 Å². The highest BCUT2D eigenvalue weighted by Crippen LogP contribution is 2.77. The number of esters is 2. The fourth-order valence-electron chi connectivity index (χ4n) is 12.1. The maximum absolute atomic E-state index is 12.9. The Bertz CT molecular complexity index is 1110. The number of fused-ring (bicyclic) bond motifs is 7. The molecule has 0 amide bonds. The van der Waals surface area contributed by atoms with Gasteiger partial charge in [-0.3, -0.25) is 4.79 Å². The van der Waals surface area contributed by atoms with Gasteiger partial charge in [0.05, 0.1) is 5.41 Å². The first-order valence-corrected chi connectivity index (χ1v) is 15.9. The van der Waals surface area contributed by atoms with Crippen LogP contribution in [0.3, 0.4) is 0 Å². The number of aliphatic hydroxyl groups excluding tert-OH is 1. The number of aliphatic carboxylic acids is 1. The van der Waals surface area contributed by atoms with Crippen LogP contribution in [0.1, 0.15) is 106 Å². The van der Waals surface area contributed by atoms with E-state index in [0.29, 0.717) is 23.7 Å². The summed E-state index contributed by atoms with van der Waals surface area (Å²) in [4.78, 5) is 36.7. The van der Waals surface area contributed by atoms with Crippen molar-refractivity contribution in [2.75, 3.05) is 13.2 Å². The van der Waals surface area contributed by atoms with Gasteiger partial charge in [-0.15, -0.1) is 0 Å². The van der Waals surface area contributed by atoms with Crippen molar-refractivity contribution in [3.8, 4) is 0 Å². The van der Waals surface area contributed by atoms with Crippen molar-refractivity contribution in [3.05, 3.63) is 12.2 Å². The third-order valence-corrected chi connectivity index (χ3v) is 14.2. The molecule has 5 aliphatic rings. The van der Waals surface area contributed by atoms with Crippen molar-refractivity contribution >= 4 is 17.9 Å². The minimum absolute atomic E-state index is 0.0790. The lowest BCUT2D eigenvalue weighted by Gasteiger charge is -2.72. The fraction of sp³-hybridized carbons (Fsp3) is 0.853. The second-order valence-electron chi connectivity index (χ2n) is 15.8. The van der Waals surface area contributed by atoms with Crippen LogP contribution in [0.25, 0.3) is 0 Å². The molecule has 0 aromatic heterocycles. The van der Waals surface area contributed by atoms with Gasteiger partial charge in [0.1, 0.15) is 12.7 Å². The Morgan fingerprint density at radius 1 is 0.829 bits per heavy atom. The second-order valence-corrected chi connectivity index (χ2v) is 15.8. The number of hydrogen-bond donors (Lipinski definition) is 2. The van der Waals surface area contributed by atoms with Gasteiger partial charge in [-0.2, -0.15) is 0 Å². The number of carboxylic acids is 1. The minimum Gasteiger partial charge on any atom is -0.481 e. The molecule has 5 rings (SSSR count). The molecule has 230 valence electrons. The van der Waals surface area contributed by atoms with Crippen molar-refractivity contribution in [1.82, 2.24) is 0 Å². The average Bonchev–Trinajstić information content (AvgIpc) is 3.31. The lowest BCUT2D eigenvalue weighted by atomic mass is 9.32. The van der Waals surface area contributed by atoms with E-state index in [9.17, 15) is 19.5 Å². The Hall–Kier alpha value is -1.89. The van der Waals surface area contributed by atoms with E-state index in [2.05, 4.69) is 48.1 Å². The first-order valence-electron chi connectivity index (χ1n) is 15.9. The predicted octanol–water partition coefficient (Wildman–Crippen LogP) is 6.18. The summed E-state index contributed by atoms with van der Waals surface area (Å²) in [7, 11) is 0. The van der Waals surface area contributed by atoms with Gasteiger partial charge in [-0.05, 0) is 117 Å². The summed E-state index contributed by atoms with van der Waals surface area (Å²) in [6, 6.07) is 0. The molecular formula is C34H52O7. The molecule has 0 aliphatic heterocycles. The summed E-state index contributed by atoms with van der Waals surface area (Å²) in [6.45, 7) is 17.2. The quantitative estimate of drug-likeness (QED) is 0.289. The van der Waals surface area contributed by atoms with Crippen molar-refractivity contribution in [3.63, 3.8) is 0 Å².